The van der Waals surface area contributed by atoms with Gasteiger partial charge in [0.05, 0.1) is 5.56 Å². The molecule has 0 unspecified atom stereocenters. The first-order valence-corrected chi connectivity index (χ1v) is 7.80. The molecule has 0 bridgehead atoms. The molecule has 24 heavy (non-hydrogen) atoms. The molecule has 0 fully saturated rings. The van der Waals surface area contributed by atoms with E-state index < -0.39 is 0 Å². The molecule has 0 amide bonds. The summed E-state index contributed by atoms with van der Waals surface area (Å²) in [6.45, 7) is 4.19. The molecule has 122 valence electrons. The van der Waals surface area contributed by atoms with Gasteiger partial charge in [-0.1, -0.05) is 53.6 Å². The summed E-state index contributed by atoms with van der Waals surface area (Å²) in [5.74, 6) is 0.971. The van der Waals surface area contributed by atoms with Gasteiger partial charge in [0.15, 0.2) is 0 Å². The smallest absolute Gasteiger partial charge is 0.285 e. The molecule has 0 atom stereocenters. The van der Waals surface area contributed by atoms with Crippen LogP contribution >= 0.6 is 0 Å². The lowest BCUT2D eigenvalue weighted by Gasteiger charge is -2.04. The Labute approximate surface area is 149 Å². The van der Waals surface area contributed by atoms with Crippen LogP contribution in [0.2, 0.25) is 0 Å². The number of nitrogens with one attached hydrogen (secondary N) is 2. The van der Waals surface area contributed by atoms with Crippen LogP contribution in [0.15, 0.2) is 78.9 Å². The standard InChI is InChI=1S/C21H20N2.ClH/c1-16-8-12-19(13-9-16)22-21(18-6-4-3-5-7-18)23-20-14-10-17(2)11-15-20;/h3-15H,1-2H3,(H,22,23);1H. The summed E-state index contributed by atoms with van der Waals surface area (Å²) in [7, 11) is 0. The van der Waals surface area contributed by atoms with E-state index in [1.807, 2.05) is 18.2 Å². The largest absolute Gasteiger partial charge is 1.00 e. The van der Waals surface area contributed by atoms with Crippen LogP contribution in [0, 0.1) is 13.8 Å². The summed E-state index contributed by atoms with van der Waals surface area (Å²) in [6.07, 6.45) is 0. The summed E-state index contributed by atoms with van der Waals surface area (Å²) in [4.78, 5) is 3.49. The Balaban J connectivity index is 0.00000208. The molecule has 0 heterocycles. The van der Waals surface area contributed by atoms with Crippen LogP contribution in [0.1, 0.15) is 16.7 Å². The van der Waals surface area contributed by atoms with Gasteiger partial charge in [-0.15, -0.1) is 0 Å². The Morgan fingerprint density at radius 2 is 1.25 bits per heavy atom. The van der Waals surface area contributed by atoms with Gasteiger partial charge in [-0.2, -0.15) is 0 Å². The van der Waals surface area contributed by atoms with Crippen molar-refractivity contribution < 1.29 is 17.4 Å². The Morgan fingerprint density at radius 1 is 0.708 bits per heavy atom. The van der Waals surface area contributed by atoms with Crippen LogP contribution in [0.25, 0.3) is 0 Å². The van der Waals surface area contributed by atoms with Gasteiger partial charge in [0.25, 0.3) is 5.84 Å². The third-order valence-electron chi connectivity index (χ3n) is 3.70. The first-order valence-electron chi connectivity index (χ1n) is 7.80. The molecule has 0 aromatic heterocycles. The molecule has 0 saturated carbocycles. The SMILES string of the molecule is Cc1ccc(NC(=[NH+]c2ccc(C)cc2)c2ccccc2)cc1.[Cl-]. The number of halogens is 1. The molecular formula is C21H21ClN2. The topological polar surface area (TPSA) is 26.0 Å². The summed E-state index contributed by atoms with van der Waals surface area (Å²) < 4.78 is 0. The number of hydrogen-bond acceptors (Lipinski definition) is 0. The van der Waals surface area contributed by atoms with Crippen LogP contribution in [0.4, 0.5) is 11.4 Å². The van der Waals surface area contributed by atoms with E-state index in [4.69, 9.17) is 0 Å². The van der Waals surface area contributed by atoms with E-state index in [0.717, 1.165) is 22.8 Å². The zero-order chi connectivity index (χ0) is 16.1. The van der Waals surface area contributed by atoms with Crippen molar-refractivity contribution in [1.82, 2.24) is 0 Å². The Morgan fingerprint density at radius 3 is 1.83 bits per heavy atom. The second kappa shape index (κ2) is 8.32. The van der Waals surface area contributed by atoms with E-state index in [1.54, 1.807) is 0 Å². The highest BCUT2D eigenvalue weighted by atomic mass is 35.5. The van der Waals surface area contributed by atoms with Crippen LogP contribution in [0.5, 0.6) is 0 Å². The molecule has 3 rings (SSSR count). The molecule has 0 aliphatic rings. The van der Waals surface area contributed by atoms with Crippen molar-refractivity contribution in [3.8, 4) is 0 Å². The van der Waals surface area contributed by atoms with E-state index in [1.165, 1.54) is 11.1 Å². The molecule has 0 spiro atoms. The van der Waals surface area contributed by atoms with E-state index in [0.29, 0.717) is 0 Å². The van der Waals surface area contributed by atoms with Gasteiger partial charge in [-0.25, -0.2) is 10.3 Å². The molecule has 3 aromatic carbocycles. The second-order valence-electron chi connectivity index (χ2n) is 5.72. The van der Waals surface area contributed by atoms with Gasteiger partial charge < -0.3 is 12.4 Å². The summed E-state index contributed by atoms with van der Waals surface area (Å²) >= 11 is 0. The van der Waals surface area contributed by atoms with E-state index in [2.05, 4.69) is 84.8 Å². The minimum Gasteiger partial charge on any atom is -1.00 e. The van der Waals surface area contributed by atoms with E-state index in [9.17, 15) is 0 Å². The van der Waals surface area contributed by atoms with Gasteiger partial charge in [0.1, 0.15) is 11.4 Å². The number of benzene rings is 3. The first kappa shape index (κ1) is 17.8. The Hall–Kier alpha value is -2.58. The van der Waals surface area contributed by atoms with Crippen LogP contribution in [-0.2, 0) is 0 Å². The normalized spacial score (nSPS) is 10.8. The fourth-order valence-corrected chi connectivity index (χ4v) is 2.34. The van der Waals surface area contributed by atoms with Crippen LogP contribution in [-0.4, -0.2) is 5.84 Å². The third kappa shape index (κ3) is 4.71. The van der Waals surface area contributed by atoms with E-state index in [-0.39, 0.29) is 12.4 Å². The van der Waals surface area contributed by atoms with E-state index >= 15 is 0 Å². The molecule has 0 radical (unpaired) electrons. The fraction of sp³-hybridized carbons (Fsp3) is 0.0952. The highest BCUT2D eigenvalue weighted by Gasteiger charge is 2.11. The van der Waals surface area contributed by atoms with Gasteiger partial charge >= 0.3 is 0 Å². The fourth-order valence-electron chi connectivity index (χ4n) is 2.34. The lowest BCUT2D eigenvalue weighted by Crippen LogP contribution is -3.00. The number of rotatable bonds is 3. The first-order chi connectivity index (χ1) is 11.2. The average molecular weight is 337 g/mol. The van der Waals surface area contributed by atoms with Crippen molar-refractivity contribution in [2.75, 3.05) is 5.32 Å². The maximum atomic E-state index is 3.49. The summed E-state index contributed by atoms with van der Waals surface area (Å²) in [5.41, 5.74) is 5.75. The van der Waals surface area contributed by atoms with Gasteiger partial charge in [0.2, 0.25) is 0 Å². The Kier molecular flexibility index (Phi) is 6.16. The predicted molar refractivity (Wildman–Crippen MR) is 97.2 cm³/mol. The van der Waals surface area contributed by atoms with Crippen molar-refractivity contribution >= 4 is 17.2 Å². The number of amidine groups is 1. The average Bonchev–Trinajstić information content (AvgIpc) is 2.59. The van der Waals surface area contributed by atoms with Crippen molar-refractivity contribution in [2.24, 2.45) is 0 Å². The van der Waals surface area contributed by atoms with Gasteiger partial charge in [0, 0.05) is 0 Å². The highest BCUT2D eigenvalue weighted by Crippen LogP contribution is 2.10. The molecular weight excluding hydrogens is 316 g/mol. The zero-order valence-corrected chi connectivity index (χ0v) is 14.6. The molecule has 0 aliphatic carbocycles. The van der Waals surface area contributed by atoms with Crippen molar-refractivity contribution in [3.05, 3.63) is 95.6 Å². The number of hydrogen-bond donors (Lipinski definition) is 2. The minimum absolute atomic E-state index is 0. The molecule has 0 saturated heterocycles. The molecule has 2 nitrogen and oxygen atoms in total. The number of aryl methyl sites for hydroxylation is 2. The van der Waals surface area contributed by atoms with Gasteiger partial charge in [-0.05, 0) is 50.2 Å². The second-order valence-corrected chi connectivity index (χ2v) is 5.72. The lowest BCUT2D eigenvalue weighted by molar-refractivity contribution is -0.352. The highest BCUT2D eigenvalue weighted by molar-refractivity contribution is 6.04. The summed E-state index contributed by atoms with van der Waals surface area (Å²) in [6, 6.07) is 27.1. The lowest BCUT2D eigenvalue weighted by atomic mass is 10.1. The molecule has 3 heteroatoms. The van der Waals surface area contributed by atoms with Crippen molar-refractivity contribution in [2.45, 2.75) is 13.8 Å². The van der Waals surface area contributed by atoms with Gasteiger partial charge in [-0.3, -0.25) is 0 Å². The zero-order valence-electron chi connectivity index (χ0n) is 13.9. The molecule has 0 aliphatic heterocycles. The quantitative estimate of drug-likeness (QED) is 0.531. The summed E-state index contributed by atoms with van der Waals surface area (Å²) in [5, 5.41) is 3.49. The minimum atomic E-state index is 0. The molecule has 3 aromatic rings. The monoisotopic (exact) mass is 336 g/mol. The van der Waals surface area contributed by atoms with Crippen LogP contribution in [0.3, 0.4) is 0 Å². The maximum absolute atomic E-state index is 3.49. The Bertz CT molecular complexity index is 792. The van der Waals surface area contributed by atoms with Crippen molar-refractivity contribution in [3.63, 3.8) is 0 Å². The van der Waals surface area contributed by atoms with Crippen LogP contribution < -0.4 is 22.7 Å². The number of anilines is 1. The van der Waals surface area contributed by atoms with Crippen molar-refractivity contribution in [1.29, 1.82) is 0 Å². The third-order valence-corrected chi connectivity index (χ3v) is 3.70. The predicted octanol–water partition coefficient (Wildman–Crippen LogP) is 0.578. The molecule has 2 N–H and O–H groups in total. The maximum Gasteiger partial charge on any atom is 0.285 e.